The number of nitrogens with zero attached hydrogens (tertiary/aromatic N) is 3. The Bertz CT molecular complexity index is 522. The summed E-state index contributed by atoms with van der Waals surface area (Å²) in [6, 6.07) is 0.559. The van der Waals surface area contributed by atoms with Crippen LogP contribution in [-0.4, -0.2) is 46.2 Å². The first-order chi connectivity index (χ1) is 11.3. The molecule has 1 aromatic rings. The monoisotopic (exact) mass is 338 g/mol. The fourth-order valence-electron chi connectivity index (χ4n) is 3.50. The number of aromatic nitrogens is 3. The van der Waals surface area contributed by atoms with E-state index in [-0.39, 0.29) is 12.0 Å². The number of carbonyl (C=O) groups is 1. The molecule has 1 saturated carbocycles. The quantitative estimate of drug-likeness (QED) is 0.610. The molecule has 128 valence electrons. The van der Waals surface area contributed by atoms with E-state index in [2.05, 4.69) is 26.3 Å². The minimum Gasteiger partial charge on any atom is -0.368 e. The van der Waals surface area contributed by atoms with Gasteiger partial charge in [-0.1, -0.05) is 24.6 Å². The van der Waals surface area contributed by atoms with E-state index >= 15 is 0 Å². The van der Waals surface area contributed by atoms with Crippen LogP contribution in [0.4, 0.5) is 0 Å². The van der Waals surface area contributed by atoms with E-state index in [0.29, 0.717) is 19.2 Å². The van der Waals surface area contributed by atoms with Gasteiger partial charge in [-0.2, -0.15) is 0 Å². The predicted molar refractivity (Wildman–Crippen MR) is 89.6 cm³/mol. The molecule has 7 heteroatoms. The maximum Gasteiger partial charge on any atom is 0.249 e. The first kappa shape index (κ1) is 16.8. The number of rotatable bonds is 7. The minimum atomic E-state index is -0.236. The highest BCUT2D eigenvalue weighted by Crippen LogP contribution is 2.33. The Labute approximate surface area is 141 Å². The molecule has 1 aliphatic carbocycles. The van der Waals surface area contributed by atoms with E-state index in [1.165, 1.54) is 25.7 Å². The van der Waals surface area contributed by atoms with E-state index in [4.69, 9.17) is 4.74 Å². The van der Waals surface area contributed by atoms with Gasteiger partial charge in [-0.05, 0) is 38.4 Å². The van der Waals surface area contributed by atoms with Crippen molar-refractivity contribution in [2.75, 3.05) is 19.4 Å². The number of hydrogen-bond donors (Lipinski definition) is 1. The van der Waals surface area contributed by atoms with Crippen LogP contribution in [0.5, 0.6) is 0 Å². The van der Waals surface area contributed by atoms with Crippen LogP contribution in [-0.2, 0) is 16.0 Å². The summed E-state index contributed by atoms with van der Waals surface area (Å²) >= 11 is 1.67. The van der Waals surface area contributed by atoms with Crippen LogP contribution in [0, 0.1) is 0 Å². The normalized spacial score (nSPS) is 21.9. The molecular weight excluding hydrogens is 312 g/mol. The van der Waals surface area contributed by atoms with E-state index < -0.39 is 0 Å². The van der Waals surface area contributed by atoms with Gasteiger partial charge < -0.3 is 14.6 Å². The van der Waals surface area contributed by atoms with Crippen molar-refractivity contribution in [3.8, 4) is 0 Å². The van der Waals surface area contributed by atoms with Gasteiger partial charge in [0.1, 0.15) is 11.9 Å². The van der Waals surface area contributed by atoms with Gasteiger partial charge in [-0.25, -0.2) is 0 Å². The van der Waals surface area contributed by atoms with Crippen molar-refractivity contribution in [2.24, 2.45) is 0 Å². The number of hydrogen-bond acceptors (Lipinski definition) is 5. The van der Waals surface area contributed by atoms with Crippen molar-refractivity contribution in [3.63, 3.8) is 0 Å². The molecule has 0 radical (unpaired) electrons. The highest BCUT2D eigenvalue weighted by Gasteiger charge is 2.24. The summed E-state index contributed by atoms with van der Waals surface area (Å²) in [5.41, 5.74) is 0. The van der Waals surface area contributed by atoms with Crippen LogP contribution < -0.4 is 5.32 Å². The summed E-state index contributed by atoms with van der Waals surface area (Å²) < 4.78 is 7.73. The molecule has 0 bridgehead atoms. The molecule has 2 fully saturated rings. The van der Waals surface area contributed by atoms with Gasteiger partial charge >= 0.3 is 0 Å². The molecule has 1 saturated heterocycles. The van der Waals surface area contributed by atoms with Gasteiger partial charge in [-0.15, -0.1) is 10.2 Å². The first-order valence-electron chi connectivity index (χ1n) is 8.66. The van der Waals surface area contributed by atoms with Crippen molar-refractivity contribution in [3.05, 3.63) is 5.82 Å². The fourth-order valence-corrected chi connectivity index (χ4v) is 4.08. The number of amides is 1. The molecule has 2 heterocycles. The molecular formula is C16H26N4O2S. The van der Waals surface area contributed by atoms with Crippen molar-refractivity contribution < 1.29 is 9.53 Å². The zero-order valence-electron chi connectivity index (χ0n) is 13.8. The van der Waals surface area contributed by atoms with E-state index in [0.717, 1.165) is 36.7 Å². The number of thioether (sulfide) groups is 1. The molecule has 6 nitrogen and oxygen atoms in total. The van der Waals surface area contributed by atoms with Gasteiger partial charge in [0.15, 0.2) is 5.16 Å². The molecule has 0 spiro atoms. The van der Waals surface area contributed by atoms with E-state index in [1.807, 2.05) is 0 Å². The average Bonchev–Trinajstić information content (AvgIpc) is 3.32. The first-order valence-corrected chi connectivity index (χ1v) is 9.89. The highest BCUT2D eigenvalue weighted by molar-refractivity contribution is 7.98. The number of aryl methyl sites for hydroxylation is 1. The fraction of sp³-hybridized carbons (Fsp3) is 0.812. The third-order valence-electron chi connectivity index (χ3n) is 4.71. The summed E-state index contributed by atoms with van der Waals surface area (Å²) in [6.07, 6.45) is 10.5. The number of ether oxygens (including phenoxy) is 1. The molecule has 1 aromatic heterocycles. The SMILES string of the molecule is CSc1nnc(CCCNC(=O)C2CCCO2)n1C1CCCC1. The van der Waals surface area contributed by atoms with Crippen LogP contribution in [0.15, 0.2) is 5.16 Å². The van der Waals surface area contributed by atoms with E-state index in [1.54, 1.807) is 11.8 Å². The van der Waals surface area contributed by atoms with Crippen molar-refractivity contribution >= 4 is 17.7 Å². The van der Waals surface area contributed by atoms with Crippen LogP contribution in [0.1, 0.15) is 56.8 Å². The van der Waals surface area contributed by atoms with Crippen molar-refractivity contribution in [1.82, 2.24) is 20.1 Å². The standard InChI is InChI=1S/C16H26N4O2S/c1-23-16-19-18-14(20(16)12-6-2-3-7-12)9-4-10-17-15(21)13-8-5-11-22-13/h12-13H,2-11H2,1H3,(H,17,21). The number of carbonyl (C=O) groups excluding carboxylic acids is 1. The topological polar surface area (TPSA) is 69.0 Å². The third kappa shape index (κ3) is 4.07. The molecule has 1 atom stereocenters. The molecule has 0 aromatic carbocycles. The van der Waals surface area contributed by atoms with Crippen molar-refractivity contribution in [1.29, 1.82) is 0 Å². The third-order valence-corrected chi connectivity index (χ3v) is 5.35. The Morgan fingerprint density at radius 2 is 2.13 bits per heavy atom. The lowest BCUT2D eigenvalue weighted by molar-refractivity contribution is -0.130. The zero-order valence-corrected chi connectivity index (χ0v) is 14.6. The lowest BCUT2D eigenvalue weighted by Crippen LogP contribution is -2.34. The van der Waals surface area contributed by atoms with Gasteiger partial charge in [0.05, 0.1) is 0 Å². The molecule has 1 amide bonds. The van der Waals surface area contributed by atoms with Gasteiger partial charge in [0, 0.05) is 25.6 Å². The Morgan fingerprint density at radius 1 is 1.30 bits per heavy atom. The second-order valence-corrected chi connectivity index (χ2v) is 7.08. The Morgan fingerprint density at radius 3 is 2.83 bits per heavy atom. The molecule has 1 aliphatic heterocycles. The van der Waals surface area contributed by atoms with Crippen LogP contribution in [0.3, 0.4) is 0 Å². The summed E-state index contributed by atoms with van der Waals surface area (Å²) in [5, 5.41) is 12.7. The lowest BCUT2D eigenvalue weighted by Gasteiger charge is -2.16. The summed E-state index contributed by atoms with van der Waals surface area (Å²) in [6.45, 7) is 1.38. The summed E-state index contributed by atoms with van der Waals surface area (Å²) in [4.78, 5) is 11.9. The number of nitrogens with one attached hydrogen (secondary N) is 1. The predicted octanol–water partition coefficient (Wildman–Crippen LogP) is 2.34. The van der Waals surface area contributed by atoms with Gasteiger partial charge in [0.2, 0.25) is 5.91 Å². The van der Waals surface area contributed by atoms with Crippen LogP contribution >= 0.6 is 11.8 Å². The second kappa shape index (κ2) is 8.15. The molecule has 1 unspecified atom stereocenters. The smallest absolute Gasteiger partial charge is 0.249 e. The summed E-state index contributed by atoms with van der Waals surface area (Å²) in [5.74, 6) is 1.09. The molecule has 1 N–H and O–H groups in total. The highest BCUT2D eigenvalue weighted by atomic mass is 32.2. The van der Waals surface area contributed by atoms with Crippen LogP contribution in [0.25, 0.3) is 0 Å². The Balaban J connectivity index is 1.49. The van der Waals surface area contributed by atoms with Crippen LogP contribution in [0.2, 0.25) is 0 Å². The maximum absolute atomic E-state index is 11.9. The largest absolute Gasteiger partial charge is 0.368 e. The minimum absolute atomic E-state index is 0.0320. The van der Waals surface area contributed by atoms with Crippen molar-refractivity contribution in [2.45, 2.75) is 68.7 Å². The van der Waals surface area contributed by atoms with E-state index in [9.17, 15) is 4.79 Å². The molecule has 2 aliphatic rings. The van der Waals surface area contributed by atoms with Gasteiger partial charge in [-0.3, -0.25) is 4.79 Å². The Kier molecular flexibility index (Phi) is 5.94. The molecule has 23 heavy (non-hydrogen) atoms. The average molecular weight is 338 g/mol. The zero-order chi connectivity index (χ0) is 16.1. The molecule has 3 rings (SSSR count). The van der Waals surface area contributed by atoms with Gasteiger partial charge in [0.25, 0.3) is 0 Å². The Hall–Kier alpha value is -1.08. The summed E-state index contributed by atoms with van der Waals surface area (Å²) in [7, 11) is 0. The second-order valence-electron chi connectivity index (χ2n) is 6.31. The lowest BCUT2D eigenvalue weighted by atomic mass is 10.2. The maximum atomic E-state index is 11.9.